The van der Waals surface area contributed by atoms with E-state index in [1.165, 1.54) is 0 Å². The lowest BCUT2D eigenvalue weighted by Crippen LogP contribution is -2.56. The number of hydrogen-bond acceptors (Lipinski definition) is 6. The number of aliphatic hydroxyl groups excluding tert-OH is 1. The quantitative estimate of drug-likeness (QED) is 0.727. The molecular formula is C17H24O6. The van der Waals surface area contributed by atoms with Gasteiger partial charge in [0.1, 0.15) is 24.4 Å². The molecule has 3 aliphatic rings. The first kappa shape index (κ1) is 18.2. The highest BCUT2D eigenvalue weighted by Gasteiger charge is 2.60. The van der Waals surface area contributed by atoms with Crippen LogP contribution in [0.3, 0.4) is 0 Å². The van der Waals surface area contributed by atoms with Gasteiger partial charge in [-0.15, -0.1) is 6.42 Å². The highest BCUT2D eigenvalue weighted by molar-refractivity contribution is 5.20. The van der Waals surface area contributed by atoms with Gasteiger partial charge in [0.2, 0.25) is 0 Å². The van der Waals surface area contributed by atoms with Gasteiger partial charge >= 0.3 is 0 Å². The maximum Gasteiger partial charge on any atom is 0.190 e. The van der Waals surface area contributed by atoms with Gasteiger partial charge in [0.25, 0.3) is 0 Å². The van der Waals surface area contributed by atoms with Gasteiger partial charge in [-0.1, -0.05) is 5.92 Å². The minimum absolute atomic E-state index is 0.131. The molecule has 0 bridgehead atoms. The zero-order valence-electron chi connectivity index (χ0n) is 14.2. The first-order valence-corrected chi connectivity index (χ1v) is 7.58. The fraction of sp³-hybridized carbons (Fsp3) is 0.765. The Labute approximate surface area is 137 Å². The van der Waals surface area contributed by atoms with Crippen molar-refractivity contribution < 1.29 is 28.8 Å². The highest BCUT2D eigenvalue weighted by Crippen LogP contribution is 2.43. The third-order valence-corrected chi connectivity index (χ3v) is 3.63. The van der Waals surface area contributed by atoms with Crippen LogP contribution in [0.1, 0.15) is 34.6 Å². The molecule has 6 nitrogen and oxygen atoms in total. The van der Waals surface area contributed by atoms with Gasteiger partial charge in [-0.3, -0.25) is 0 Å². The Bertz CT molecular complexity index is 523. The topological polar surface area (TPSA) is 66.4 Å². The lowest BCUT2D eigenvalue weighted by atomic mass is 9.99. The largest absolute Gasteiger partial charge is 0.394 e. The van der Waals surface area contributed by atoms with Gasteiger partial charge in [0, 0.05) is 0 Å². The van der Waals surface area contributed by atoms with E-state index in [4.69, 9.17) is 30.1 Å². The molecule has 0 aromatic heterocycles. The number of aliphatic hydroxyl groups is 1. The van der Waals surface area contributed by atoms with Crippen LogP contribution < -0.4 is 0 Å². The second kappa shape index (κ2) is 6.78. The summed E-state index contributed by atoms with van der Waals surface area (Å²) in [6.07, 6.45) is 2.81. The molecule has 1 N–H and O–H groups in total. The smallest absolute Gasteiger partial charge is 0.190 e. The number of rotatable bonds is 1. The van der Waals surface area contributed by atoms with Crippen LogP contribution in [0.4, 0.5) is 0 Å². The van der Waals surface area contributed by atoms with Crippen LogP contribution in [0.2, 0.25) is 0 Å². The average Bonchev–Trinajstić information content (AvgIpc) is 2.93. The molecule has 0 aromatic rings. The molecule has 6 heteroatoms. The lowest BCUT2D eigenvalue weighted by Gasteiger charge is -2.36. The van der Waals surface area contributed by atoms with Gasteiger partial charge < -0.3 is 28.8 Å². The minimum atomic E-state index is -0.708. The van der Waals surface area contributed by atoms with Crippen molar-refractivity contribution in [2.24, 2.45) is 0 Å². The Morgan fingerprint density at radius 2 is 1.52 bits per heavy atom. The molecule has 5 unspecified atom stereocenters. The molecule has 3 saturated heterocycles. The van der Waals surface area contributed by atoms with Crippen LogP contribution in [-0.4, -0.2) is 54.0 Å². The fourth-order valence-electron chi connectivity index (χ4n) is 2.91. The van der Waals surface area contributed by atoms with Crippen molar-refractivity contribution in [3.63, 3.8) is 0 Å². The van der Waals surface area contributed by atoms with E-state index in [0.717, 1.165) is 0 Å². The van der Waals surface area contributed by atoms with E-state index >= 15 is 0 Å². The zero-order chi connectivity index (χ0) is 17.3. The number of terminal acetylenes is 1. The predicted molar refractivity (Wildman–Crippen MR) is 81.9 cm³/mol. The summed E-state index contributed by atoms with van der Waals surface area (Å²) < 4.78 is 28.9. The zero-order valence-corrected chi connectivity index (χ0v) is 14.2. The van der Waals surface area contributed by atoms with Crippen molar-refractivity contribution in [2.45, 2.75) is 76.9 Å². The van der Waals surface area contributed by atoms with Gasteiger partial charge in [0.15, 0.2) is 17.9 Å². The van der Waals surface area contributed by atoms with Crippen LogP contribution in [-0.2, 0) is 23.7 Å². The average molecular weight is 324 g/mol. The molecule has 3 aliphatic heterocycles. The summed E-state index contributed by atoms with van der Waals surface area (Å²) in [5.41, 5.74) is 0. The Morgan fingerprint density at radius 1 is 0.957 bits per heavy atom. The SMILES string of the molecule is C#CC#CC.CC1(C)OC2OC(CO)C3OC(C)(C)OC3C2O1. The van der Waals surface area contributed by atoms with Gasteiger partial charge in [-0.2, -0.15) is 0 Å². The molecule has 23 heavy (non-hydrogen) atoms. The molecule has 0 radical (unpaired) electrons. The molecule has 0 spiro atoms. The second-order valence-corrected chi connectivity index (χ2v) is 6.41. The van der Waals surface area contributed by atoms with Crippen molar-refractivity contribution in [1.82, 2.24) is 0 Å². The normalized spacial score (nSPS) is 38.9. The molecule has 0 aromatic carbocycles. The molecular weight excluding hydrogens is 300 g/mol. The monoisotopic (exact) mass is 324 g/mol. The Balaban J connectivity index is 0.000000338. The number of fused-ring (bicyclic) bond motifs is 3. The summed E-state index contributed by atoms with van der Waals surface area (Å²) >= 11 is 0. The van der Waals surface area contributed by atoms with E-state index in [0.29, 0.717) is 0 Å². The Hall–Kier alpha value is -1.12. The van der Waals surface area contributed by atoms with E-state index < -0.39 is 24.0 Å². The first-order valence-electron chi connectivity index (χ1n) is 7.58. The van der Waals surface area contributed by atoms with Crippen LogP contribution >= 0.6 is 0 Å². The van der Waals surface area contributed by atoms with Gasteiger partial charge in [-0.05, 0) is 46.5 Å². The van der Waals surface area contributed by atoms with E-state index in [2.05, 4.69) is 17.8 Å². The van der Waals surface area contributed by atoms with Crippen LogP contribution in [0.25, 0.3) is 0 Å². The third kappa shape index (κ3) is 4.05. The Kier molecular flexibility index (Phi) is 5.37. The standard InChI is InChI=1S/C12H20O6.C5H4/c1-11(2)15-7-6(5-13)14-10-9(8(7)16-11)17-12(3,4)18-10;1-3-5-4-2/h6-10,13H,5H2,1-4H3;1H,2H3. The summed E-state index contributed by atoms with van der Waals surface area (Å²) in [4.78, 5) is 0. The van der Waals surface area contributed by atoms with Crippen molar-refractivity contribution >= 4 is 0 Å². The van der Waals surface area contributed by atoms with Crippen LogP contribution in [0.15, 0.2) is 0 Å². The second-order valence-electron chi connectivity index (χ2n) is 6.41. The van der Waals surface area contributed by atoms with Crippen molar-refractivity contribution in [3.8, 4) is 24.2 Å². The summed E-state index contributed by atoms with van der Waals surface area (Å²) in [6, 6.07) is 0. The van der Waals surface area contributed by atoms with Crippen LogP contribution in [0, 0.1) is 24.2 Å². The summed E-state index contributed by atoms with van der Waals surface area (Å²) in [7, 11) is 0. The van der Waals surface area contributed by atoms with Gasteiger partial charge in [0.05, 0.1) is 6.61 Å². The van der Waals surface area contributed by atoms with E-state index in [9.17, 15) is 5.11 Å². The van der Waals surface area contributed by atoms with Crippen molar-refractivity contribution in [3.05, 3.63) is 0 Å². The molecule has 0 amide bonds. The molecule has 3 fully saturated rings. The lowest BCUT2D eigenvalue weighted by molar-refractivity contribution is -0.240. The minimum Gasteiger partial charge on any atom is -0.394 e. The molecule has 3 rings (SSSR count). The molecule has 0 saturated carbocycles. The van der Waals surface area contributed by atoms with E-state index in [1.807, 2.05) is 27.7 Å². The van der Waals surface area contributed by atoms with Gasteiger partial charge in [-0.25, -0.2) is 0 Å². The van der Waals surface area contributed by atoms with Crippen LogP contribution in [0.5, 0.6) is 0 Å². The number of ether oxygens (including phenoxy) is 5. The van der Waals surface area contributed by atoms with E-state index in [1.54, 1.807) is 6.92 Å². The summed E-state index contributed by atoms with van der Waals surface area (Å²) in [5.74, 6) is 5.67. The van der Waals surface area contributed by atoms with Crippen molar-refractivity contribution in [1.29, 1.82) is 0 Å². The summed E-state index contributed by atoms with van der Waals surface area (Å²) in [6.45, 7) is 8.93. The van der Waals surface area contributed by atoms with E-state index in [-0.39, 0.29) is 24.9 Å². The third-order valence-electron chi connectivity index (χ3n) is 3.63. The maximum absolute atomic E-state index is 9.40. The molecule has 5 atom stereocenters. The highest BCUT2D eigenvalue weighted by atomic mass is 16.9. The predicted octanol–water partition coefficient (Wildman–Crippen LogP) is 1.02. The maximum atomic E-state index is 9.40. The molecule has 3 heterocycles. The summed E-state index contributed by atoms with van der Waals surface area (Å²) in [5, 5.41) is 9.40. The number of hydrogen-bond donors (Lipinski definition) is 1. The Morgan fingerprint density at radius 3 is 2.04 bits per heavy atom. The first-order chi connectivity index (χ1) is 10.7. The molecule has 128 valence electrons. The fourth-order valence-corrected chi connectivity index (χ4v) is 2.91. The van der Waals surface area contributed by atoms with Crippen molar-refractivity contribution in [2.75, 3.05) is 6.61 Å². The molecule has 0 aliphatic carbocycles.